The van der Waals surface area contributed by atoms with E-state index in [9.17, 15) is 4.79 Å². The van der Waals surface area contributed by atoms with Crippen LogP contribution in [0.4, 0.5) is 5.69 Å². The highest BCUT2D eigenvalue weighted by molar-refractivity contribution is 6.33. The smallest absolute Gasteiger partial charge is 0.331 e. The van der Waals surface area contributed by atoms with Crippen molar-refractivity contribution in [2.45, 2.75) is 38.1 Å². The molecular weight excluding hydrogens is 262 g/mol. The molecule has 1 aliphatic carbocycles. The van der Waals surface area contributed by atoms with E-state index in [-0.39, 0.29) is 5.97 Å². The van der Waals surface area contributed by atoms with Crippen molar-refractivity contribution >= 4 is 23.3 Å². The van der Waals surface area contributed by atoms with Crippen LogP contribution in [0.2, 0.25) is 5.02 Å². The summed E-state index contributed by atoms with van der Waals surface area (Å²) in [4.78, 5) is 12.2. The molecule has 0 aromatic heterocycles. The van der Waals surface area contributed by atoms with Crippen LogP contribution in [0.5, 0.6) is 0 Å². The van der Waals surface area contributed by atoms with Gasteiger partial charge in [-0.25, -0.2) is 4.79 Å². The van der Waals surface area contributed by atoms with Gasteiger partial charge in [-0.2, -0.15) is 0 Å². The van der Waals surface area contributed by atoms with Crippen LogP contribution in [0, 0.1) is 5.92 Å². The van der Waals surface area contributed by atoms with Gasteiger partial charge in [-0.3, -0.25) is 0 Å². The molecule has 1 fully saturated rings. The first kappa shape index (κ1) is 14.2. The third-order valence-corrected chi connectivity index (χ3v) is 4.35. The number of halogens is 1. The van der Waals surface area contributed by atoms with Crippen LogP contribution in [-0.4, -0.2) is 18.6 Å². The highest BCUT2D eigenvalue weighted by atomic mass is 35.5. The van der Waals surface area contributed by atoms with E-state index >= 15 is 0 Å². The predicted molar refractivity (Wildman–Crippen MR) is 77.5 cm³/mol. The van der Waals surface area contributed by atoms with Gasteiger partial charge in [0, 0.05) is 0 Å². The lowest BCUT2D eigenvalue weighted by Gasteiger charge is -2.29. The average Bonchev–Trinajstić information content (AvgIpc) is 2.85. The molecule has 1 aromatic carbocycles. The van der Waals surface area contributed by atoms with Crippen LogP contribution in [-0.2, 0) is 9.53 Å². The summed E-state index contributed by atoms with van der Waals surface area (Å²) in [5.74, 6) is 0.373. The standard InChI is InChI=1S/C15H20ClNO2/c1-3-11-8-9-15(10-11,14(18)19-2)17-13-7-5-4-6-12(13)16/h4-7,11,17H,3,8-10H2,1-2H3. The van der Waals surface area contributed by atoms with Gasteiger partial charge in [-0.1, -0.05) is 37.1 Å². The lowest BCUT2D eigenvalue weighted by Crippen LogP contribution is -2.45. The number of benzene rings is 1. The topological polar surface area (TPSA) is 38.3 Å². The molecule has 1 aliphatic rings. The largest absolute Gasteiger partial charge is 0.467 e. The van der Waals surface area contributed by atoms with Crippen molar-refractivity contribution in [3.63, 3.8) is 0 Å². The molecule has 2 rings (SSSR count). The zero-order valence-electron chi connectivity index (χ0n) is 11.4. The number of hydrogen-bond acceptors (Lipinski definition) is 3. The van der Waals surface area contributed by atoms with Crippen molar-refractivity contribution in [2.75, 3.05) is 12.4 Å². The minimum Gasteiger partial charge on any atom is -0.467 e. The number of rotatable bonds is 4. The Bertz CT molecular complexity index is 463. The van der Waals surface area contributed by atoms with Crippen molar-refractivity contribution in [2.24, 2.45) is 5.92 Å². The highest BCUT2D eigenvalue weighted by Crippen LogP contribution is 2.40. The Labute approximate surface area is 119 Å². The Balaban J connectivity index is 2.25. The molecule has 1 N–H and O–H groups in total. The summed E-state index contributed by atoms with van der Waals surface area (Å²) < 4.78 is 5.00. The van der Waals surface area contributed by atoms with E-state index in [1.807, 2.05) is 24.3 Å². The Morgan fingerprint density at radius 1 is 1.53 bits per heavy atom. The molecule has 0 spiro atoms. The summed E-state index contributed by atoms with van der Waals surface area (Å²) in [6.45, 7) is 2.16. The van der Waals surface area contributed by atoms with Gasteiger partial charge in [0.2, 0.25) is 0 Å². The van der Waals surface area contributed by atoms with Crippen LogP contribution in [0.3, 0.4) is 0 Å². The molecule has 0 heterocycles. The summed E-state index contributed by atoms with van der Waals surface area (Å²) in [5.41, 5.74) is 0.173. The molecule has 0 aliphatic heterocycles. The second kappa shape index (κ2) is 5.83. The number of anilines is 1. The Morgan fingerprint density at radius 2 is 2.26 bits per heavy atom. The number of para-hydroxylation sites is 1. The minimum absolute atomic E-state index is 0.191. The SMILES string of the molecule is CCC1CCC(Nc2ccccc2Cl)(C(=O)OC)C1. The van der Waals surface area contributed by atoms with Gasteiger partial charge in [0.25, 0.3) is 0 Å². The quantitative estimate of drug-likeness (QED) is 0.852. The predicted octanol–water partition coefficient (Wildman–Crippen LogP) is 3.87. The fourth-order valence-corrected chi connectivity index (χ4v) is 3.04. The van der Waals surface area contributed by atoms with Crippen LogP contribution < -0.4 is 5.32 Å². The third kappa shape index (κ3) is 2.86. The molecule has 2 unspecified atom stereocenters. The Kier molecular flexibility index (Phi) is 4.35. The maximum absolute atomic E-state index is 12.2. The fraction of sp³-hybridized carbons (Fsp3) is 0.533. The number of carbonyl (C=O) groups excluding carboxylic acids is 1. The molecule has 0 saturated heterocycles. The normalized spacial score (nSPS) is 26.2. The lowest BCUT2D eigenvalue weighted by atomic mass is 9.94. The first-order chi connectivity index (χ1) is 9.11. The number of methoxy groups -OCH3 is 1. The highest BCUT2D eigenvalue weighted by Gasteiger charge is 2.46. The van der Waals surface area contributed by atoms with E-state index in [0.717, 1.165) is 31.4 Å². The monoisotopic (exact) mass is 281 g/mol. The molecular formula is C15H20ClNO2. The van der Waals surface area contributed by atoms with Crippen molar-refractivity contribution in [1.29, 1.82) is 0 Å². The summed E-state index contributed by atoms with van der Waals surface area (Å²) >= 11 is 6.17. The third-order valence-electron chi connectivity index (χ3n) is 4.02. The summed E-state index contributed by atoms with van der Waals surface area (Å²) in [5, 5.41) is 3.96. The average molecular weight is 282 g/mol. The second-order valence-corrected chi connectivity index (χ2v) is 5.60. The van der Waals surface area contributed by atoms with Crippen molar-refractivity contribution in [3.05, 3.63) is 29.3 Å². The van der Waals surface area contributed by atoms with Crippen LogP contribution in [0.15, 0.2) is 24.3 Å². The Hall–Kier alpha value is -1.22. The number of carbonyl (C=O) groups is 1. The molecule has 0 amide bonds. The van der Waals surface area contributed by atoms with E-state index in [2.05, 4.69) is 12.2 Å². The summed E-state index contributed by atoms with van der Waals surface area (Å²) in [6.07, 6.45) is 3.73. The van der Waals surface area contributed by atoms with Crippen LogP contribution >= 0.6 is 11.6 Å². The summed E-state index contributed by atoms with van der Waals surface area (Å²) in [7, 11) is 1.44. The molecule has 3 nitrogen and oxygen atoms in total. The van der Waals surface area contributed by atoms with Crippen molar-refractivity contribution in [1.82, 2.24) is 0 Å². The Morgan fingerprint density at radius 3 is 2.84 bits per heavy atom. The maximum atomic E-state index is 12.2. The molecule has 2 atom stereocenters. The number of esters is 1. The molecule has 104 valence electrons. The van der Waals surface area contributed by atoms with E-state index in [1.54, 1.807) is 0 Å². The van der Waals surface area contributed by atoms with E-state index in [1.165, 1.54) is 7.11 Å². The molecule has 4 heteroatoms. The van der Waals surface area contributed by atoms with Gasteiger partial charge in [-0.05, 0) is 37.3 Å². The molecule has 0 bridgehead atoms. The first-order valence-corrected chi connectivity index (χ1v) is 7.10. The molecule has 19 heavy (non-hydrogen) atoms. The number of nitrogens with one attached hydrogen (secondary N) is 1. The number of ether oxygens (including phenoxy) is 1. The summed E-state index contributed by atoms with van der Waals surface area (Å²) in [6, 6.07) is 7.50. The van der Waals surface area contributed by atoms with Crippen molar-refractivity contribution < 1.29 is 9.53 Å². The molecule has 0 radical (unpaired) electrons. The maximum Gasteiger partial charge on any atom is 0.331 e. The molecule has 1 aromatic rings. The minimum atomic E-state index is -0.625. The van der Waals surface area contributed by atoms with Gasteiger partial charge >= 0.3 is 5.97 Å². The van der Waals surface area contributed by atoms with Crippen LogP contribution in [0.1, 0.15) is 32.6 Å². The van der Waals surface area contributed by atoms with Gasteiger partial charge in [0.05, 0.1) is 17.8 Å². The van der Waals surface area contributed by atoms with E-state index < -0.39 is 5.54 Å². The molecule has 1 saturated carbocycles. The zero-order valence-corrected chi connectivity index (χ0v) is 12.2. The van der Waals surface area contributed by atoms with Gasteiger partial charge in [-0.15, -0.1) is 0 Å². The lowest BCUT2D eigenvalue weighted by molar-refractivity contribution is -0.145. The van der Waals surface area contributed by atoms with Gasteiger partial charge < -0.3 is 10.1 Å². The number of hydrogen-bond donors (Lipinski definition) is 1. The van der Waals surface area contributed by atoms with E-state index in [0.29, 0.717) is 10.9 Å². The van der Waals surface area contributed by atoms with Crippen LogP contribution in [0.25, 0.3) is 0 Å². The second-order valence-electron chi connectivity index (χ2n) is 5.20. The zero-order chi connectivity index (χ0) is 13.9. The first-order valence-electron chi connectivity index (χ1n) is 6.72. The fourth-order valence-electron chi connectivity index (χ4n) is 2.86. The van der Waals surface area contributed by atoms with Crippen molar-refractivity contribution in [3.8, 4) is 0 Å². The van der Waals surface area contributed by atoms with E-state index in [4.69, 9.17) is 16.3 Å². The van der Waals surface area contributed by atoms with Gasteiger partial charge in [0.1, 0.15) is 5.54 Å². The van der Waals surface area contributed by atoms with Gasteiger partial charge in [0.15, 0.2) is 0 Å².